The van der Waals surface area contributed by atoms with Crippen LogP contribution in [0.5, 0.6) is 0 Å². The average molecular weight is 529 g/mol. The Labute approximate surface area is 216 Å². The zero-order valence-electron chi connectivity index (χ0n) is 20.0. The summed E-state index contributed by atoms with van der Waals surface area (Å²) in [7, 11) is -3.43. The van der Waals surface area contributed by atoms with Crippen LogP contribution >= 0.6 is 0 Å². The van der Waals surface area contributed by atoms with Crippen molar-refractivity contribution in [2.24, 2.45) is 0 Å². The van der Waals surface area contributed by atoms with Gasteiger partial charge in [0.15, 0.2) is 0 Å². The molecule has 0 aliphatic carbocycles. The molecule has 5 aromatic heterocycles. The maximum Gasteiger partial charge on any atom is 0.209 e. The van der Waals surface area contributed by atoms with Crippen LogP contribution in [0.3, 0.4) is 0 Å². The first-order valence-corrected chi connectivity index (χ1v) is 13.4. The number of benzene rings is 1. The molecule has 12 heteroatoms. The average Bonchev–Trinajstić information content (AvgIpc) is 3.50. The van der Waals surface area contributed by atoms with E-state index in [0.29, 0.717) is 33.9 Å². The van der Waals surface area contributed by atoms with Crippen molar-refractivity contribution in [1.82, 2.24) is 34.9 Å². The van der Waals surface area contributed by atoms with Crippen LogP contribution in [0.25, 0.3) is 55.7 Å². The van der Waals surface area contributed by atoms with Gasteiger partial charge < -0.3 is 10.7 Å². The fourth-order valence-corrected chi connectivity index (χ4v) is 4.82. The minimum Gasteiger partial charge on any atom is -0.397 e. The Morgan fingerprint density at radius 3 is 2.61 bits per heavy atom. The summed E-state index contributed by atoms with van der Waals surface area (Å²) in [5.74, 6) is -0.489. The molecular formula is C26H21FN8O2S. The maximum absolute atomic E-state index is 14.5. The molecule has 1 aromatic carbocycles. The van der Waals surface area contributed by atoms with Crippen molar-refractivity contribution in [3.05, 3.63) is 78.6 Å². The van der Waals surface area contributed by atoms with Crippen molar-refractivity contribution in [2.45, 2.75) is 6.54 Å². The van der Waals surface area contributed by atoms with E-state index in [9.17, 15) is 12.8 Å². The maximum atomic E-state index is 14.5. The zero-order chi connectivity index (χ0) is 26.4. The number of fused-ring (bicyclic) bond motifs is 2. The Hall–Kier alpha value is -4.68. The minimum atomic E-state index is -3.43. The van der Waals surface area contributed by atoms with E-state index in [-0.39, 0.29) is 6.54 Å². The summed E-state index contributed by atoms with van der Waals surface area (Å²) in [6, 6.07) is 11.9. The molecule has 38 heavy (non-hydrogen) atoms. The Kier molecular flexibility index (Phi) is 5.62. The SMILES string of the molecule is CS(=O)(=O)NCc1cc(F)cc(-c2nccc3[nH]c(-c4n[nH]c5cnc(-c6cncc(N)c6)cc45)cc23)c1. The molecule has 6 rings (SSSR count). The smallest absolute Gasteiger partial charge is 0.209 e. The predicted octanol–water partition coefficient (Wildman–Crippen LogP) is 4.00. The van der Waals surface area contributed by atoms with Crippen LogP contribution in [0, 0.1) is 5.82 Å². The largest absolute Gasteiger partial charge is 0.397 e. The highest BCUT2D eigenvalue weighted by Crippen LogP contribution is 2.34. The third-order valence-electron chi connectivity index (χ3n) is 6.08. The third-order valence-corrected chi connectivity index (χ3v) is 6.74. The standard InChI is InChI=1S/C26H21FN8O2S/c1-38(36,37)32-10-14-4-15(6-17(27)5-14)25-19-9-23(33-21(19)2-3-30-25)26-20-8-22(31-13-24(20)34-35-26)16-7-18(28)12-29-11-16/h2-9,11-13,32-33H,10,28H2,1H3,(H,34,35). The molecule has 0 unspecified atom stereocenters. The van der Waals surface area contributed by atoms with Gasteiger partial charge in [-0.15, -0.1) is 0 Å². The minimum absolute atomic E-state index is 0.0316. The molecule has 0 aliphatic heterocycles. The number of pyridine rings is 3. The van der Waals surface area contributed by atoms with Crippen molar-refractivity contribution in [3.63, 3.8) is 0 Å². The first-order chi connectivity index (χ1) is 18.2. The number of nitrogens with zero attached hydrogens (tertiary/aromatic N) is 4. The number of H-pyrrole nitrogens is 2. The number of nitrogens with one attached hydrogen (secondary N) is 3. The van der Waals surface area contributed by atoms with Crippen LogP contribution in [0.15, 0.2) is 67.3 Å². The molecule has 10 nitrogen and oxygen atoms in total. The Balaban J connectivity index is 1.43. The number of nitrogen functional groups attached to an aromatic ring is 1. The number of sulfonamides is 1. The summed E-state index contributed by atoms with van der Waals surface area (Å²) in [5.41, 5.74) is 12.4. The number of aromatic nitrogens is 6. The first-order valence-electron chi connectivity index (χ1n) is 11.5. The van der Waals surface area contributed by atoms with Crippen molar-refractivity contribution in [1.29, 1.82) is 0 Å². The molecular weight excluding hydrogens is 507 g/mol. The van der Waals surface area contributed by atoms with Gasteiger partial charge in [0.05, 0.1) is 40.7 Å². The number of hydrogen-bond acceptors (Lipinski definition) is 7. The number of nitrogens with two attached hydrogens (primary N) is 1. The summed E-state index contributed by atoms with van der Waals surface area (Å²) in [6.07, 6.45) is 7.67. The normalized spacial score (nSPS) is 11.9. The van der Waals surface area contributed by atoms with Crippen molar-refractivity contribution in [2.75, 3.05) is 12.0 Å². The first kappa shape index (κ1) is 23.7. The summed E-state index contributed by atoms with van der Waals surface area (Å²) < 4.78 is 39.9. The van der Waals surface area contributed by atoms with Crippen LogP contribution in [0.4, 0.5) is 10.1 Å². The van der Waals surface area contributed by atoms with Gasteiger partial charge >= 0.3 is 0 Å². The summed E-state index contributed by atoms with van der Waals surface area (Å²) in [4.78, 5) is 16.5. The molecule has 0 amide bonds. The fraction of sp³-hybridized carbons (Fsp3) is 0.0769. The van der Waals surface area contributed by atoms with E-state index >= 15 is 0 Å². The lowest BCUT2D eigenvalue weighted by molar-refractivity contribution is 0.586. The number of hydrogen-bond donors (Lipinski definition) is 4. The fourth-order valence-electron chi connectivity index (χ4n) is 4.39. The predicted molar refractivity (Wildman–Crippen MR) is 144 cm³/mol. The van der Waals surface area contributed by atoms with Gasteiger partial charge in [-0.05, 0) is 48.0 Å². The molecule has 0 aliphatic rings. The lowest BCUT2D eigenvalue weighted by atomic mass is 10.0. The summed E-state index contributed by atoms with van der Waals surface area (Å²) in [6.45, 7) is -0.0316. The van der Waals surface area contributed by atoms with E-state index in [1.165, 1.54) is 12.1 Å². The van der Waals surface area contributed by atoms with E-state index in [1.807, 2.05) is 18.2 Å². The van der Waals surface area contributed by atoms with Crippen LogP contribution < -0.4 is 10.5 Å². The van der Waals surface area contributed by atoms with Crippen LogP contribution in [-0.4, -0.2) is 44.8 Å². The quantitative estimate of drug-likeness (QED) is 0.255. The van der Waals surface area contributed by atoms with Crippen LogP contribution in [-0.2, 0) is 16.6 Å². The second-order valence-corrected chi connectivity index (χ2v) is 10.8. The lowest BCUT2D eigenvalue weighted by Gasteiger charge is -2.08. The van der Waals surface area contributed by atoms with Crippen LogP contribution in [0.1, 0.15) is 5.56 Å². The Bertz CT molecular complexity index is 1950. The molecule has 0 radical (unpaired) electrons. The summed E-state index contributed by atoms with van der Waals surface area (Å²) in [5, 5.41) is 9.13. The molecule has 0 atom stereocenters. The van der Waals surface area contributed by atoms with Gasteiger partial charge in [-0.25, -0.2) is 17.5 Å². The van der Waals surface area contributed by atoms with E-state index in [4.69, 9.17) is 5.73 Å². The van der Waals surface area contributed by atoms with Gasteiger partial charge in [0.1, 0.15) is 11.5 Å². The molecule has 0 fully saturated rings. The van der Waals surface area contributed by atoms with Gasteiger partial charge in [0.2, 0.25) is 10.0 Å². The molecule has 5 heterocycles. The second-order valence-electron chi connectivity index (χ2n) is 8.94. The zero-order valence-corrected chi connectivity index (χ0v) is 20.8. The third kappa shape index (κ3) is 4.58. The Morgan fingerprint density at radius 1 is 0.947 bits per heavy atom. The van der Waals surface area contributed by atoms with Gasteiger partial charge in [0.25, 0.3) is 0 Å². The molecule has 0 saturated heterocycles. The molecule has 0 saturated carbocycles. The monoisotopic (exact) mass is 528 g/mol. The van der Waals surface area contributed by atoms with Gasteiger partial charge in [0, 0.05) is 52.6 Å². The van der Waals surface area contributed by atoms with Gasteiger partial charge in [-0.2, -0.15) is 5.10 Å². The highest BCUT2D eigenvalue weighted by Gasteiger charge is 2.16. The van der Waals surface area contributed by atoms with Gasteiger partial charge in [-0.3, -0.25) is 20.1 Å². The van der Waals surface area contributed by atoms with E-state index < -0.39 is 15.8 Å². The second kappa shape index (κ2) is 9.01. The molecule has 0 bridgehead atoms. The van der Waals surface area contributed by atoms with Crippen molar-refractivity contribution < 1.29 is 12.8 Å². The highest BCUT2D eigenvalue weighted by molar-refractivity contribution is 7.88. The molecule has 6 aromatic rings. The highest BCUT2D eigenvalue weighted by atomic mass is 32.2. The van der Waals surface area contributed by atoms with E-state index in [1.54, 1.807) is 36.9 Å². The van der Waals surface area contributed by atoms with Crippen molar-refractivity contribution in [3.8, 4) is 33.9 Å². The Morgan fingerprint density at radius 2 is 1.79 bits per heavy atom. The van der Waals surface area contributed by atoms with Crippen LogP contribution in [0.2, 0.25) is 0 Å². The topological polar surface area (TPSA) is 155 Å². The number of anilines is 1. The van der Waals surface area contributed by atoms with E-state index in [0.717, 1.165) is 39.3 Å². The lowest BCUT2D eigenvalue weighted by Crippen LogP contribution is -2.21. The van der Waals surface area contributed by atoms with E-state index in [2.05, 4.69) is 34.9 Å². The van der Waals surface area contributed by atoms with Crippen molar-refractivity contribution >= 4 is 37.5 Å². The molecule has 5 N–H and O–H groups in total. The van der Waals surface area contributed by atoms with Gasteiger partial charge in [-0.1, -0.05) is 0 Å². The number of rotatable bonds is 6. The number of aromatic amines is 2. The molecule has 190 valence electrons. The number of halogens is 1. The molecule has 0 spiro atoms. The summed E-state index contributed by atoms with van der Waals surface area (Å²) >= 11 is 0.